The van der Waals surface area contributed by atoms with Gasteiger partial charge in [0.2, 0.25) is 0 Å². The van der Waals surface area contributed by atoms with Gasteiger partial charge in [0.25, 0.3) is 0 Å². The van der Waals surface area contributed by atoms with E-state index >= 15 is 0 Å². The molecule has 0 aromatic rings. The molecule has 0 aromatic heterocycles. The molecule has 4 nitrogen and oxygen atoms in total. The molecular weight excluding hydrogens is 251 g/mol. The van der Waals surface area contributed by atoms with E-state index in [1.165, 1.54) is 0 Å². The summed E-state index contributed by atoms with van der Waals surface area (Å²) in [6, 6.07) is 0. The molecule has 0 saturated heterocycles. The molecule has 0 atom stereocenters. The second-order valence-electron chi connectivity index (χ2n) is 0.596. The average Bonchev–Trinajstić information content (AvgIpc) is 1.35. The predicted molar refractivity (Wildman–Crippen MR) is 38.8 cm³/mol. The SMILES string of the molecule is O=P(O)(O)[O][SbH2].[AlH3].[LiH]. The zero-order chi connectivity index (χ0) is 5.21. The first-order valence-electron chi connectivity index (χ1n) is 1.00. The maximum absolute atomic E-state index is 9.50. The van der Waals surface area contributed by atoms with Crippen molar-refractivity contribution in [2.24, 2.45) is 0 Å². The Balaban J connectivity index is -0.000000125. The van der Waals surface area contributed by atoms with Crippen LogP contribution in [0.5, 0.6) is 0 Å². The predicted octanol–water partition coefficient (Wildman–Crippen LogP) is -3.19. The van der Waals surface area contributed by atoms with Gasteiger partial charge >= 0.3 is 67.3 Å². The van der Waals surface area contributed by atoms with Gasteiger partial charge in [-0.05, 0) is 0 Å². The van der Waals surface area contributed by atoms with Crippen LogP contribution in [0.3, 0.4) is 0 Å². The molecule has 0 unspecified atom stereocenters. The Morgan fingerprint density at radius 3 is 1.62 bits per heavy atom. The molecule has 0 bridgehead atoms. The monoisotopic (exact) mass is 258 g/mol. The van der Waals surface area contributed by atoms with Crippen molar-refractivity contribution in [2.75, 3.05) is 0 Å². The van der Waals surface area contributed by atoms with Crippen LogP contribution >= 0.6 is 7.82 Å². The molecule has 2 N–H and O–H groups in total. The number of rotatable bonds is 1. The van der Waals surface area contributed by atoms with E-state index in [0.29, 0.717) is 0 Å². The van der Waals surface area contributed by atoms with Crippen molar-refractivity contribution in [3.63, 3.8) is 0 Å². The van der Waals surface area contributed by atoms with E-state index in [9.17, 15) is 4.57 Å². The molecule has 0 rings (SSSR count). The van der Waals surface area contributed by atoms with Gasteiger partial charge in [-0.15, -0.1) is 0 Å². The van der Waals surface area contributed by atoms with Gasteiger partial charge < -0.3 is 0 Å². The van der Waals surface area contributed by atoms with Gasteiger partial charge in [0, 0.05) is 0 Å². The van der Waals surface area contributed by atoms with Gasteiger partial charge in [0.15, 0.2) is 17.4 Å². The Hall–Kier alpha value is 2.06. The van der Waals surface area contributed by atoms with Crippen LogP contribution in [0.1, 0.15) is 0 Å². The van der Waals surface area contributed by atoms with Crippen LogP contribution in [0.25, 0.3) is 0 Å². The molecule has 0 aromatic carbocycles. The van der Waals surface area contributed by atoms with Crippen LogP contribution in [0.4, 0.5) is 0 Å². The molecule has 0 spiro atoms. The van der Waals surface area contributed by atoms with E-state index < -0.39 is 7.82 Å². The average molecular weight is 259 g/mol. The summed E-state index contributed by atoms with van der Waals surface area (Å²) in [6.45, 7) is 0. The van der Waals surface area contributed by atoms with Crippen LogP contribution in [-0.2, 0) is 7.37 Å². The second-order valence-corrected chi connectivity index (χ2v) is 3.59. The molecule has 0 aliphatic rings. The van der Waals surface area contributed by atoms with Gasteiger partial charge in [-0.3, -0.25) is 0 Å². The van der Waals surface area contributed by atoms with Crippen LogP contribution in [-0.4, -0.2) is 69.5 Å². The van der Waals surface area contributed by atoms with Crippen molar-refractivity contribution in [2.45, 2.75) is 0 Å². The van der Waals surface area contributed by atoms with Crippen molar-refractivity contribution in [3.05, 3.63) is 0 Å². The Kier molecular flexibility index (Phi) is 14.8. The van der Waals surface area contributed by atoms with E-state index in [1.54, 1.807) is 0 Å². The van der Waals surface area contributed by atoms with Crippen LogP contribution in [0.15, 0.2) is 0 Å². The third kappa shape index (κ3) is 15.7. The summed E-state index contributed by atoms with van der Waals surface area (Å²) in [7, 11) is -4.09. The van der Waals surface area contributed by atoms with Crippen molar-refractivity contribution < 1.29 is 17.2 Å². The summed E-state index contributed by atoms with van der Waals surface area (Å²) < 4.78 is 13.2. The Bertz CT molecular complexity index is 80.1. The van der Waals surface area contributed by atoms with Crippen molar-refractivity contribution in [3.8, 4) is 0 Å². The zero-order valence-corrected chi connectivity index (χ0v) is 6.93. The van der Waals surface area contributed by atoms with Crippen molar-refractivity contribution in [1.29, 1.82) is 0 Å². The summed E-state index contributed by atoms with van der Waals surface area (Å²) in [4.78, 5) is 15.5. The second kappa shape index (κ2) is 7.17. The molecule has 0 fully saturated rings. The van der Waals surface area contributed by atoms with Gasteiger partial charge in [0.05, 0.1) is 0 Å². The first-order chi connectivity index (χ1) is 2.56. The summed E-state index contributed by atoms with van der Waals surface area (Å²) in [6.07, 6.45) is 0. The van der Waals surface area contributed by atoms with Crippen LogP contribution in [0.2, 0.25) is 0 Å². The van der Waals surface area contributed by atoms with Gasteiger partial charge in [-0.25, -0.2) is 0 Å². The van der Waals surface area contributed by atoms with E-state index in [2.05, 4.69) is 2.80 Å². The Labute approximate surface area is 84.0 Å². The molecule has 0 heterocycles. The zero-order valence-electron chi connectivity index (χ0n) is 2.74. The third-order valence-corrected chi connectivity index (χ3v) is 2.76. The minimum absolute atomic E-state index is 0. The summed E-state index contributed by atoms with van der Waals surface area (Å²) in [5, 5.41) is 0. The molecular formula is H8AlLiO4PSb. The topological polar surface area (TPSA) is 66.8 Å². The fourth-order valence-electron chi connectivity index (χ4n) is 0. The molecule has 0 aliphatic carbocycles. The number of hydrogen-bond acceptors (Lipinski definition) is 2. The van der Waals surface area contributed by atoms with Gasteiger partial charge in [-0.1, -0.05) is 0 Å². The number of phosphoric acid groups is 1. The molecule has 0 aliphatic heterocycles. The van der Waals surface area contributed by atoms with Crippen molar-refractivity contribution >= 4 is 67.5 Å². The standard InChI is InChI=1S/Al.Li.H3O4P.Sb.6H/c;;1-5(2,3)4;;;;;;;/h;;(H3,1,2,3,4);;;;;;;/q;;;+1;;;;;;/p-1. The van der Waals surface area contributed by atoms with Crippen LogP contribution in [0, 0.1) is 0 Å². The number of hydrogen-bond donors (Lipinski definition) is 2. The minimum atomic E-state index is -4.09. The molecule has 8 heteroatoms. The Morgan fingerprint density at radius 1 is 1.50 bits per heavy atom. The molecule has 0 amide bonds. The molecule has 8 heavy (non-hydrogen) atoms. The molecule has 0 saturated carbocycles. The van der Waals surface area contributed by atoms with Crippen molar-refractivity contribution in [1.82, 2.24) is 0 Å². The maximum atomic E-state index is 9.50. The quantitative estimate of drug-likeness (QED) is 0.384. The van der Waals surface area contributed by atoms with E-state index in [1.807, 2.05) is 0 Å². The third-order valence-electron chi connectivity index (χ3n) is 0.137. The first kappa shape index (κ1) is 16.6. The molecule has 0 radical (unpaired) electrons. The summed E-state index contributed by atoms with van der Waals surface area (Å²) >= 11 is 0.140. The summed E-state index contributed by atoms with van der Waals surface area (Å²) in [5.41, 5.74) is 0. The normalized spacial score (nSPS) is 8.88. The van der Waals surface area contributed by atoms with E-state index in [-0.39, 0.29) is 59.7 Å². The fourth-order valence-corrected chi connectivity index (χ4v) is 0. The Morgan fingerprint density at radius 2 is 1.62 bits per heavy atom. The summed E-state index contributed by atoms with van der Waals surface area (Å²) in [5.74, 6) is 0. The van der Waals surface area contributed by atoms with Crippen LogP contribution < -0.4 is 0 Å². The van der Waals surface area contributed by atoms with Gasteiger partial charge in [0.1, 0.15) is 0 Å². The molecule has 46 valence electrons. The first-order valence-corrected chi connectivity index (χ1v) is 3.88. The fraction of sp³-hybridized carbons (Fsp3) is 0. The van der Waals surface area contributed by atoms with Gasteiger partial charge in [-0.2, -0.15) is 0 Å². The van der Waals surface area contributed by atoms with E-state index in [4.69, 9.17) is 9.79 Å². The van der Waals surface area contributed by atoms with E-state index in [0.717, 1.165) is 0 Å².